The van der Waals surface area contributed by atoms with Gasteiger partial charge in [-0.15, -0.1) is 0 Å². The lowest BCUT2D eigenvalue weighted by molar-refractivity contribution is 0.418. The molecule has 0 amide bonds. The SMILES string of the molecule is CC.CCC.Cc1ccc2c3ncc(C)cc3n(C(CCCCCSC(=S)N(C)C)CCCCCSC(=S)N(C)C)c2c1. The number of hydrogen-bond acceptors (Lipinski definition) is 5. The van der Waals surface area contributed by atoms with Crippen molar-refractivity contribution in [1.82, 2.24) is 19.4 Å². The smallest absolute Gasteiger partial charge is 0.135 e. The van der Waals surface area contributed by atoms with E-state index >= 15 is 0 Å². The first kappa shape index (κ1) is 39.7. The second-order valence-corrected chi connectivity index (χ2v) is 14.8. The maximum absolute atomic E-state index is 5.44. The number of rotatable bonds is 13. The van der Waals surface area contributed by atoms with Gasteiger partial charge in [-0.05, 0) is 62.8 Å². The molecule has 2 aromatic heterocycles. The zero-order chi connectivity index (χ0) is 32.4. The molecule has 8 heteroatoms. The van der Waals surface area contributed by atoms with Crippen LogP contribution in [0.4, 0.5) is 0 Å². The van der Waals surface area contributed by atoms with Gasteiger partial charge in [-0.2, -0.15) is 0 Å². The maximum atomic E-state index is 5.44. The Morgan fingerprint density at radius 1 is 0.767 bits per heavy atom. The van der Waals surface area contributed by atoms with E-state index < -0.39 is 0 Å². The molecule has 0 radical (unpaired) electrons. The Hall–Kier alpha value is -1.35. The Morgan fingerprint density at radius 2 is 1.26 bits per heavy atom. The second kappa shape index (κ2) is 22.2. The molecular formula is C35H58N4S4. The van der Waals surface area contributed by atoms with Crippen LogP contribution in [0, 0.1) is 13.8 Å². The molecule has 0 aliphatic heterocycles. The number of hydrogen-bond donors (Lipinski definition) is 0. The molecule has 0 aliphatic rings. The molecule has 0 N–H and O–H groups in total. The lowest BCUT2D eigenvalue weighted by Gasteiger charge is -2.22. The summed E-state index contributed by atoms with van der Waals surface area (Å²) in [5.41, 5.74) is 6.29. The molecule has 0 unspecified atom stereocenters. The third-order valence-corrected chi connectivity index (χ3v) is 10.5. The summed E-state index contributed by atoms with van der Waals surface area (Å²) in [7, 11) is 8.11. The normalized spacial score (nSPS) is 10.8. The number of thiocarbonyl (C=S) groups is 2. The summed E-state index contributed by atoms with van der Waals surface area (Å²) in [6, 6.07) is 9.65. The highest BCUT2D eigenvalue weighted by Gasteiger charge is 2.19. The third-order valence-electron chi connectivity index (χ3n) is 6.84. The van der Waals surface area contributed by atoms with Gasteiger partial charge in [0.2, 0.25) is 0 Å². The van der Waals surface area contributed by atoms with Crippen LogP contribution in [-0.4, -0.2) is 67.7 Å². The van der Waals surface area contributed by atoms with Crippen LogP contribution in [0.2, 0.25) is 0 Å². The van der Waals surface area contributed by atoms with Crippen LogP contribution in [0.3, 0.4) is 0 Å². The molecule has 3 rings (SSSR count). The Morgan fingerprint density at radius 3 is 1.74 bits per heavy atom. The van der Waals surface area contributed by atoms with Crippen LogP contribution >= 0.6 is 48.0 Å². The average molecular weight is 663 g/mol. The molecule has 1 aromatic carbocycles. The number of nitrogens with zero attached hydrogens (tertiary/aromatic N) is 4. The number of benzene rings is 1. The molecule has 43 heavy (non-hydrogen) atoms. The summed E-state index contributed by atoms with van der Waals surface area (Å²) < 4.78 is 4.59. The van der Waals surface area contributed by atoms with Crippen LogP contribution in [0.15, 0.2) is 30.5 Å². The van der Waals surface area contributed by atoms with Gasteiger partial charge in [-0.3, -0.25) is 4.98 Å². The molecule has 0 aliphatic carbocycles. The first-order valence-electron chi connectivity index (χ1n) is 16.2. The summed E-state index contributed by atoms with van der Waals surface area (Å²) in [5.74, 6) is 2.21. The minimum atomic E-state index is 0.478. The average Bonchev–Trinajstić information content (AvgIpc) is 3.28. The van der Waals surface area contributed by atoms with Crippen molar-refractivity contribution < 1.29 is 0 Å². The molecule has 2 heterocycles. The summed E-state index contributed by atoms with van der Waals surface area (Å²) in [5, 5.41) is 1.28. The van der Waals surface area contributed by atoms with Gasteiger partial charge in [0, 0.05) is 57.3 Å². The van der Waals surface area contributed by atoms with E-state index in [4.69, 9.17) is 29.4 Å². The Kier molecular flexibility index (Phi) is 20.5. The van der Waals surface area contributed by atoms with E-state index in [0.29, 0.717) is 6.04 Å². The third kappa shape index (κ3) is 13.7. The number of unbranched alkanes of at least 4 members (excludes halogenated alkanes) is 4. The summed E-state index contributed by atoms with van der Waals surface area (Å²) in [4.78, 5) is 8.95. The van der Waals surface area contributed by atoms with Gasteiger partial charge in [0.25, 0.3) is 0 Å². The fourth-order valence-corrected chi connectivity index (χ4v) is 6.87. The van der Waals surface area contributed by atoms with Crippen molar-refractivity contribution >= 4 is 78.5 Å². The topological polar surface area (TPSA) is 24.3 Å². The highest BCUT2D eigenvalue weighted by molar-refractivity contribution is 8.23. The number of aryl methyl sites for hydroxylation is 2. The maximum Gasteiger partial charge on any atom is 0.135 e. The minimum absolute atomic E-state index is 0.478. The quantitative estimate of drug-likeness (QED) is 0.133. The predicted octanol–water partition coefficient (Wildman–Crippen LogP) is 11.1. The van der Waals surface area contributed by atoms with Gasteiger partial charge in [0.15, 0.2) is 0 Å². The van der Waals surface area contributed by atoms with Gasteiger partial charge < -0.3 is 14.4 Å². The van der Waals surface area contributed by atoms with Crippen LogP contribution in [0.1, 0.15) is 103 Å². The fraction of sp³-hybridized carbons (Fsp3) is 0.629. The lowest BCUT2D eigenvalue weighted by atomic mass is 10.0. The van der Waals surface area contributed by atoms with E-state index in [1.807, 2.05) is 58.0 Å². The molecule has 0 saturated heterocycles. The van der Waals surface area contributed by atoms with Gasteiger partial charge in [-0.1, -0.05) is 120 Å². The van der Waals surface area contributed by atoms with Crippen LogP contribution in [0.5, 0.6) is 0 Å². The van der Waals surface area contributed by atoms with Crippen molar-refractivity contribution in [3.63, 3.8) is 0 Å². The van der Waals surface area contributed by atoms with E-state index in [2.05, 4.69) is 56.5 Å². The van der Waals surface area contributed by atoms with Crippen molar-refractivity contribution in [3.05, 3.63) is 41.6 Å². The van der Waals surface area contributed by atoms with Crippen molar-refractivity contribution in [2.45, 2.75) is 105 Å². The van der Waals surface area contributed by atoms with Crippen LogP contribution < -0.4 is 0 Å². The second-order valence-electron chi connectivity index (χ2n) is 11.3. The molecule has 3 aromatic rings. The first-order chi connectivity index (χ1) is 20.6. The monoisotopic (exact) mass is 662 g/mol. The minimum Gasteiger partial charge on any atom is -0.364 e. The van der Waals surface area contributed by atoms with Crippen molar-refractivity contribution in [3.8, 4) is 0 Å². The molecule has 4 nitrogen and oxygen atoms in total. The predicted molar refractivity (Wildman–Crippen MR) is 207 cm³/mol. The largest absolute Gasteiger partial charge is 0.364 e. The highest BCUT2D eigenvalue weighted by atomic mass is 32.2. The van der Waals surface area contributed by atoms with Crippen LogP contribution in [-0.2, 0) is 0 Å². The number of pyridine rings is 1. The Labute approximate surface area is 283 Å². The number of aromatic nitrogens is 2. The van der Waals surface area contributed by atoms with Crippen molar-refractivity contribution in [2.24, 2.45) is 0 Å². The molecule has 0 spiro atoms. The molecule has 0 fully saturated rings. The molecule has 0 saturated carbocycles. The summed E-state index contributed by atoms with van der Waals surface area (Å²) in [6.07, 6.45) is 13.0. The number of fused-ring (bicyclic) bond motifs is 3. The van der Waals surface area contributed by atoms with Crippen LogP contribution in [0.25, 0.3) is 21.9 Å². The van der Waals surface area contributed by atoms with E-state index in [9.17, 15) is 0 Å². The Bertz CT molecular complexity index is 1140. The number of thioether (sulfide) groups is 2. The van der Waals surface area contributed by atoms with Gasteiger partial charge in [0.05, 0.1) is 16.6 Å². The first-order valence-corrected chi connectivity index (χ1v) is 18.9. The fourth-order valence-electron chi connectivity index (χ4n) is 4.81. The van der Waals surface area contributed by atoms with Gasteiger partial charge >= 0.3 is 0 Å². The van der Waals surface area contributed by atoms with Gasteiger partial charge in [0.1, 0.15) is 8.64 Å². The summed E-state index contributed by atoms with van der Waals surface area (Å²) in [6.45, 7) is 12.6. The molecular weight excluding hydrogens is 605 g/mol. The standard InChI is InChI=1S/C30H44N4S4.C3H8.C2H6/c1-22-15-16-25-26(19-22)34(27-20-23(2)21-31-28(25)27)24(13-9-7-11-17-37-29(35)32(3)4)14-10-8-12-18-38-30(36)33(5)6;1-3-2;1-2/h15-16,19-21,24H,7-14,17-18H2,1-6H3;3H2,1-2H3;1-2H3. The zero-order valence-corrected chi connectivity index (χ0v) is 31.9. The van der Waals surface area contributed by atoms with E-state index in [0.717, 1.165) is 25.7 Å². The van der Waals surface area contributed by atoms with E-state index in [1.165, 1.54) is 85.3 Å². The van der Waals surface area contributed by atoms with Crippen molar-refractivity contribution in [2.75, 3.05) is 39.7 Å². The van der Waals surface area contributed by atoms with E-state index in [1.54, 1.807) is 23.5 Å². The lowest BCUT2D eigenvalue weighted by Crippen LogP contribution is -2.16. The zero-order valence-electron chi connectivity index (χ0n) is 28.7. The Balaban J connectivity index is 0.00000174. The van der Waals surface area contributed by atoms with E-state index in [-0.39, 0.29) is 0 Å². The summed E-state index contributed by atoms with van der Waals surface area (Å²) >= 11 is 14.5. The van der Waals surface area contributed by atoms with Crippen molar-refractivity contribution in [1.29, 1.82) is 0 Å². The highest BCUT2D eigenvalue weighted by Crippen LogP contribution is 2.36. The molecule has 242 valence electrons. The van der Waals surface area contributed by atoms with Gasteiger partial charge in [-0.25, -0.2) is 0 Å². The molecule has 0 atom stereocenters. The molecule has 0 bridgehead atoms.